The van der Waals surface area contributed by atoms with Crippen LogP contribution >= 0.6 is 0 Å². The van der Waals surface area contributed by atoms with Crippen LogP contribution in [0.4, 0.5) is 0 Å². The monoisotopic (exact) mass is 303 g/mol. The van der Waals surface area contributed by atoms with E-state index < -0.39 is 21.8 Å². The number of rotatable bonds is 6. The van der Waals surface area contributed by atoms with Crippen molar-refractivity contribution in [2.45, 2.75) is 18.9 Å². The van der Waals surface area contributed by atoms with E-state index in [-0.39, 0.29) is 49.9 Å². The van der Waals surface area contributed by atoms with Gasteiger partial charge in [0.2, 0.25) is 5.91 Å². The SMILES string of the molecule is N#CCCNC(=O)CN1CCS(=O)(=O)CC1CC(=O)O. The molecule has 20 heavy (non-hydrogen) atoms. The molecular weight excluding hydrogens is 286 g/mol. The van der Waals surface area contributed by atoms with Crippen LogP contribution in [0.15, 0.2) is 0 Å². The molecule has 2 N–H and O–H groups in total. The quantitative estimate of drug-likeness (QED) is 0.577. The largest absolute Gasteiger partial charge is 0.481 e. The minimum Gasteiger partial charge on any atom is -0.481 e. The molecule has 0 aromatic rings. The Labute approximate surface area is 117 Å². The Morgan fingerprint density at radius 1 is 1.45 bits per heavy atom. The Kier molecular flexibility index (Phi) is 5.91. The lowest BCUT2D eigenvalue weighted by Crippen LogP contribution is -2.52. The summed E-state index contributed by atoms with van der Waals surface area (Å²) in [4.78, 5) is 23.9. The number of nitriles is 1. The van der Waals surface area contributed by atoms with Crippen LogP contribution in [-0.4, -0.2) is 67.5 Å². The number of hydrogen-bond acceptors (Lipinski definition) is 6. The molecule has 1 atom stereocenters. The predicted molar refractivity (Wildman–Crippen MR) is 69.5 cm³/mol. The van der Waals surface area contributed by atoms with Crippen molar-refractivity contribution in [3.63, 3.8) is 0 Å². The van der Waals surface area contributed by atoms with Crippen LogP contribution in [0.5, 0.6) is 0 Å². The molecule has 0 radical (unpaired) electrons. The van der Waals surface area contributed by atoms with E-state index in [1.54, 1.807) is 4.90 Å². The van der Waals surface area contributed by atoms with Gasteiger partial charge in [-0.05, 0) is 0 Å². The average molecular weight is 303 g/mol. The van der Waals surface area contributed by atoms with Gasteiger partial charge in [0.05, 0.1) is 37.0 Å². The molecule has 0 aromatic heterocycles. The maximum Gasteiger partial charge on any atom is 0.304 e. The first-order valence-corrected chi connectivity index (χ1v) is 7.96. The molecule has 0 spiro atoms. The number of carbonyl (C=O) groups is 2. The Morgan fingerprint density at radius 2 is 2.15 bits per heavy atom. The highest BCUT2D eigenvalue weighted by atomic mass is 32.2. The molecule has 0 bridgehead atoms. The summed E-state index contributed by atoms with van der Waals surface area (Å²) >= 11 is 0. The van der Waals surface area contributed by atoms with Gasteiger partial charge in [-0.15, -0.1) is 0 Å². The van der Waals surface area contributed by atoms with Crippen LogP contribution in [0.25, 0.3) is 0 Å². The van der Waals surface area contributed by atoms with E-state index in [1.165, 1.54) is 0 Å². The summed E-state index contributed by atoms with van der Waals surface area (Å²) in [6, 6.07) is 1.20. The normalized spacial score (nSPS) is 21.9. The van der Waals surface area contributed by atoms with Gasteiger partial charge in [-0.2, -0.15) is 5.26 Å². The van der Waals surface area contributed by atoms with Crippen molar-refractivity contribution >= 4 is 21.7 Å². The molecule has 1 unspecified atom stereocenters. The number of nitrogens with one attached hydrogen (secondary N) is 1. The molecule has 1 saturated heterocycles. The number of amides is 1. The van der Waals surface area contributed by atoms with Crippen molar-refractivity contribution in [1.82, 2.24) is 10.2 Å². The summed E-state index contributed by atoms with van der Waals surface area (Å²) in [6.45, 7) is 0.315. The lowest BCUT2D eigenvalue weighted by molar-refractivity contribution is -0.138. The molecule has 0 aromatic carbocycles. The number of aliphatic carboxylic acids is 1. The number of nitrogens with zero attached hydrogens (tertiary/aromatic N) is 2. The van der Waals surface area contributed by atoms with Crippen molar-refractivity contribution in [2.24, 2.45) is 0 Å². The van der Waals surface area contributed by atoms with Gasteiger partial charge in [0.15, 0.2) is 9.84 Å². The molecule has 1 amide bonds. The summed E-state index contributed by atoms with van der Waals surface area (Å²) in [5, 5.41) is 19.7. The van der Waals surface area contributed by atoms with Crippen LogP contribution in [0.1, 0.15) is 12.8 Å². The summed E-state index contributed by atoms with van der Waals surface area (Å²) in [5.74, 6) is -1.75. The number of sulfone groups is 1. The smallest absolute Gasteiger partial charge is 0.304 e. The van der Waals surface area contributed by atoms with E-state index in [1.807, 2.05) is 6.07 Å². The van der Waals surface area contributed by atoms with Crippen LogP contribution < -0.4 is 5.32 Å². The highest BCUT2D eigenvalue weighted by Gasteiger charge is 2.33. The molecule has 1 aliphatic heterocycles. The molecule has 1 heterocycles. The number of carbonyl (C=O) groups excluding carboxylic acids is 1. The second-order valence-electron chi connectivity index (χ2n) is 4.59. The van der Waals surface area contributed by atoms with Crippen LogP contribution in [0.3, 0.4) is 0 Å². The fraction of sp³-hybridized carbons (Fsp3) is 0.727. The van der Waals surface area contributed by atoms with Gasteiger partial charge in [0.1, 0.15) is 0 Å². The maximum atomic E-state index is 11.6. The zero-order chi connectivity index (χ0) is 15.2. The van der Waals surface area contributed by atoms with E-state index >= 15 is 0 Å². The van der Waals surface area contributed by atoms with Crippen molar-refractivity contribution in [3.05, 3.63) is 0 Å². The summed E-state index contributed by atoms with van der Waals surface area (Å²) in [6.07, 6.45) is -0.122. The Morgan fingerprint density at radius 3 is 2.75 bits per heavy atom. The second-order valence-corrected chi connectivity index (χ2v) is 6.82. The zero-order valence-electron chi connectivity index (χ0n) is 10.9. The van der Waals surface area contributed by atoms with E-state index in [0.717, 1.165) is 0 Å². The Balaban J connectivity index is 2.59. The molecule has 0 saturated carbocycles. The van der Waals surface area contributed by atoms with Gasteiger partial charge in [-0.1, -0.05) is 0 Å². The lowest BCUT2D eigenvalue weighted by atomic mass is 10.2. The fourth-order valence-corrected chi connectivity index (χ4v) is 3.61. The van der Waals surface area contributed by atoms with Crippen molar-refractivity contribution in [2.75, 3.05) is 31.1 Å². The van der Waals surface area contributed by atoms with Crippen LogP contribution in [-0.2, 0) is 19.4 Å². The van der Waals surface area contributed by atoms with E-state index in [2.05, 4.69) is 5.32 Å². The summed E-state index contributed by atoms with van der Waals surface area (Å²) in [7, 11) is -3.25. The highest BCUT2D eigenvalue weighted by Crippen LogP contribution is 2.14. The Hall–Kier alpha value is -1.66. The third kappa shape index (κ3) is 5.54. The topological polar surface area (TPSA) is 128 Å². The molecule has 112 valence electrons. The number of hydrogen-bond donors (Lipinski definition) is 2. The van der Waals surface area contributed by atoms with Crippen molar-refractivity contribution in [3.8, 4) is 6.07 Å². The highest BCUT2D eigenvalue weighted by molar-refractivity contribution is 7.91. The zero-order valence-corrected chi connectivity index (χ0v) is 11.7. The van der Waals surface area contributed by atoms with Gasteiger partial charge < -0.3 is 10.4 Å². The number of carboxylic acid groups (broad SMARTS) is 1. The number of carboxylic acids is 1. The second kappa shape index (κ2) is 7.21. The molecule has 9 heteroatoms. The first-order valence-electron chi connectivity index (χ1n) is 6.14. The van der Waals surface area contributed by atoms with Crippen LogP contribution in [0.2, 0.25) is 0 Å². The Bertz CT molecular complexity index is 511. The average Bonchev–Trinajstić information content (AvgIpc) is 2.32. The minimum atomic E-state index is -3.25. The van der Waals surface area contributed by atoms with Gasteiger partial charge in [0, 0.05) is 19.1 Å². The third-order valence-corrected chi connectivity index (χ3v) is 4.67. The lowest BCUT2D eigenvalue weighted by Gasteiger charge is -2.33. The van der Waals surface area contributed by atoms with E-state index in [4.69, 9.17) is 10.4 Å². The predicted octanol–water partition coefficient (Wildman–Crippen LogP) is -1.41. The van der Waals surface area contributed by atoms with Crippen molar-refractivity contribution in [1.29, 1.82) is 5.26 Å². The standard InChI is InChI=1S/C11H17N3O5S/c12-2-1-3-13-10(15)7-14-4-5-20(18,19)8-9(14)6-11(16)17/h9H,1,3-8H2,(H,13,15)(H,16,17). The van der Waals surface area contributed by atoms with Gasteiger partial charge in [0.25, 0.3) is 0 Å². The summed E-state index contributed by atoms with van der Waals surface area (Å²) < 4.78 is 23.1. The van der Waals surface area contributed by atoms with Crippen LogP contribution in [0, 0.1) is 11.3 Å². The van der Waals surface area contributed by atoms with Gasteiger partial charge in [-0.25, -0.2) is 8.42 Å². The first-order chi connectivity index (χ1) is 9.34. The summed E-state index contributed by atoms with van der Waals surface area (Å²) in [5.41, 5.74) is 0. The third-order valence-electron chi connectivity index (χ3n) is 2.97. The van der Waals surface area contributed by atoms with Gasteiger partial charge >= 0.3 is 5.97 Å². The van der Waals surface area contributed by atoms with Gasteiger partial charge in [-0.3, -0.25) is 14.5 Å². The van der Waals surface area contributed by atoms with E-state index in [0.29, 0.717) is 0 Å². The molecule has 1 aliphatic rings. The molecule has 0 aliphatic carbocycles. The molecule has 1 rings (SSSR count). The van der Waals surface area contributed by atoms with Crippen molar-refractivity contribution < 1.29 is 23.1 Å². The minimum absolute atomic E-state index is 0.0567. The molecule has 1 fully saturated rings. The first kappa shape index (κ1) is 16.4. The molecule has 8 nitrogen and oxygen atoms in total. The fourth-order valence-electron chi connectivity index (χ4n) is 2.02. The van der Waals surface area contributed by atoms with E-state index in [9.17, 15) is 18.0 Å². The maximum absolute atomic E-state index is 11.6. The molecular formula is C11H17N3O5S.